The number of aliphatic hydroxyl groups is 4. The third-order valence-electron chi connectivity index (χ3n) is 18.7. The van der Waals surface area contributed by atoms with Crippen molar-refractivity contribution in [3.05, 3.63) is 207 Å². The average Bonchev–Trinajstić information content (AvgIpc) is 1.63. The molecule has 2 aliphatic heterocycles. The Balaban J connectivity index is 0.000000195. The molecule has 672 valence electrons. The van der Waals surface area contributed by atoms with Gasteiger partial charge in [-0.2, -0.15) is 0 Å². The summed E-state index contributed by atoms with van der Waals surface area (Å²) >= 11 is 0. The molecule has 0 aliphatic carbocycles. The number of fused-ring (bicyclic) bond motifs is 4. The minimum absolute atomic E-state index is 0.000371. The molecule has 8 N–H and O–H groups in total. The number of hydrogen-bond acceptors (Lipinski definition) is 36. The maximum atomic E-state index is 12.9. The quantitative estimate of drug-likeness (QED) is 0.00779. The first kappa shape index (κ1) is 96.8. The molecule has 10 aromatic rings. The summed E-state index contributed by atoms with van der Waals surface area (Å²) in [4.78, 5) is 154. The number of phenols is 4. The molecule has 2 aliphatic rings. The molecule has 4 heterocycles. The largest absolute Gasteiger partial charge is 0.504 e. The number of carbonyl (C=O) groups is 13. The maximum Gasteiger partial charge on any atom is 0.342 e. The smallest absolute Gasteiger partial charge is 0.342 e. The monoisotopic (exact) mass is 1780 g/mol. The number of aromatic hydroxyl groups is 4. The summed E-state index contributed by atoms with van der Waals surface area (Å²) in [5.74, 6) is -9.96. The lowest BCUT2D eigenvalue weighted by molar-refractivity contribution is -0.145. The maximum absolute atomic E-state index is 12.9. The molecule has 0 bridgehead atoms. The molecular weight excluding hydrogens is 1690 g/mol. The highest BCUT2D eigenvalue weighted by Crippen LogP contribution is 2.55. The Labute approximate surface area is 732 Å². The summed E-state index contributed by atoms with van der Waals surface area (Å²) in [6, 6.07) is 30.0. The van der Waals surface area contributed by atoms with Crippen LogP contribution in [0.3, 0.4) is 0 Å². The summed E-state index contributed by atoms with van der Waals surface area (Å²) < 4.78 is 80.1. The van der Waals surface area contributed by atoms with Crippen LogP contribution in [0.1, 0.15) is 129 Å². The molecule has 0 saturated heterocycles. The van der Waals surface area contributed by atoms with E-state index < -0.39 is 127 Å². The van der Waals surface area contributed by atoms with Crippen molar-refractivity contribution in [1.82, 2.24) is 0 Å². The van der Waals surface area contributed by atoms with Crippen LogP contribution >= 0.6 is 0 Å². The fourth-order valence-corrected chi connectivity index (χ4v) is 13.1. The summed E-state index contributed by atoms with van der Waals surface area (Å²) in [6.45, 7) is 5.19. The number of aryl methyl sites for hydroxylation is 1. The van der Waals surface area contributed by atoms with Crippen LogP contribution in [0.4, 0.5) is 0 Å². The standard InChI is InChI=1S/C26H22O11.C24H22O10.C23H22O7.C20H18O8/c1-13(28)34-20-8-6-17(11-21(20)35-14(2)29)24-23(26(32)33-4)19-9-16(5-7-18(31)12-27)10-22(25(19)37-24)36-15(3)30;1-12(26)32-19-7-5-15(10-20(19)33-13(2)27)22-21(24(30)31-3)17-8-14(4-6-16(28)11-25)9-18(29)23(17)34-22;1-13-5-7-15(11-18(13)27-2)21-20(23(26)29-4)17-9-14(6-8-16(25)12-24)10-19(28-3)22(17)30-21;1-27-20(26)17-13-6-10(2-4-12(22)9-21)7-16(25)19(13)28-18(17)11-3-5-14(23)15(24)8-11/h5-11,27H,12H2,1-4H3;4-10,21-22,25,29H,11H2,1-3H3;5-11,24H,12H2,1-4H3;2-8,17-18,21,23-25H,9H2,1H3/b7-5+;6-4+;8-6+;4-2+/t;21-,22+;;17-,18+/m.1.1/s1. The van der Waals surface area contributed by atoms with Crippen molar-refractivity contribution >= 4 is 123 Å². The van der Waals surface area contributed by atoms with Crippen molar-refractivity contribution < 1.29 is 174 Å². The van der Waals surface area contributed by atoms with Crippen LogP contribution in [-0.4, -0.2) is 187 Å². The zero-order chi connectivity index (χ0) is 94.5. The van der Waals surface area contributed by atoms with Crippen LogP contribution in [0.15, 0.2) is 154 Å². The molecule has 0 spiro atoms. The molecule has 36 heteroatoms. The highest BCUT2D eigenvalue weighted by Gasteiger charge is 2.45. The van der Waals surface area contributed by atoms with Crippen molar-refractivity contribution in [2.45, 2.75) is 65.6 Å². The Hall–Kier alpha value is -16.1. The van der Waals surface area contributed by atoms with Crippen molar-refractivity contribution in [3.63, 3.8) is 0 Å². The topological polar surface area (TPSA) is 530 Å². The molecule has 4 atom stereocenters. The summed E-state index contributed by atoms with van der Waals surface area (Å²) in [6.07, 6.45) is 8.46. The van der Waals surface area contributed by atoms with Gasteiger partial charge in [0.25, 0.3) is 0 Å². The van der Waals surface area contributed by atoms with Crippen LogP contribution in [-0.2, 0) is 71.7 Å². The number of esters is 9. The van der Waals surface area contributed by atoms with Crippen molar-refractivity contribution in [3.8, 4) is 97.4 Å². The number of aliphatic hydroxyl groups excluding tert-OH is 4. The van der Waals surface area contributed by atoms with E-state index in [9.17, 15) is 82.8 Å². The van der Waals surface area contributed by atoms with Gasteiger partial charge in [0.15, 0.2) is 103 Å². The van der Waals surface area contributed by atoms with Gasteiger partial charge in [0.05, 0.1) is 42.7 Å². The van der Waals surface area contributed by atoms with Gasteiger partial charge >= 0.3 is 53.7 Å². The first-order chi connectivity index (χ1) is 61.4. The Bertz CT molecular complexity index is 6200. The Kier molecular flexibility index (Phi) is 32.6. The van der Waals surface area contributed by atoms with Crippen LogP contribution in [0.2, 0.25) is 0 Å². The van der Waals surface area contributed by atoms with Crippen molar-refractivity contribution in [2.75, 3.05) is 69.1 Å². The van der Waals surface area contributed by atoms with Gasteiger partial charge in [-0.3, -0.25) is 52.7 Å². The van der Waals surface area contributed by atoms with E-state index in [1.807, 2.05) is 19.1 Å². The van der Waals surface area contributed by atoms with Gasteiger partial charge in [-0.15, -0.1) is 0 Å². The van der Waals surface area contributed by atoms with E-state index in [0.717, 1.165) is 37.8 Å². The lowest BCUT2D eigenvalue weighted by Gasteiger charge is -2.19. The van der Waals surface area contributed by atoms with Crippen LogP contribution in [0, 0.1) is 6.92 Å². The molecule has 0 saturated carbocycles. The fraction of sp³-hybridized carbons (Fsp3) is 0.215. The highest BCUT2D eigenvalue weighted by atomic mass is 16.6. The van der Waals surface area contributed by atoms with Crippen molar-refractivity contribution in [1.29, 1.82) is 0 Å². The second-order valence-corrected chi connectivity index (χ2v) is 27.7. The molecule has 8 aromatic carbocycles. The number of phenolic OH excluding ortho intramolecular Hbond substituents is 4. The Morgan fingerprint density at radius 1 is 0.349 bits per heavy atom. The summed E-state index contributed by atoms with van der Waals surface area (Å²) in [5.41, 5.74) is 5.60. The third-order valence-corrected chi connectivity index (χ3v) is 18.7. The number of rotatable bonds is 27. The Morgan fingerprint density at radius 2 is 0.698 bits per heavy atom. The minimum atomic E-state index is -1.02. The first-order valence-electron chi connectivity index (χ1n) is 38.3. The molecule has 36 nitrogen and oxygen atoms in total. The van der Waals surface area contributed by atoms with E-state index in [0.29, 0.717) is 78.3 Å². The number of methoxy groups -OCH3 is 6. The number of furan rings is 2. The molecule has 0 radical (unpaired) electrons. The molecule has 12 rings (SSSR count). The van der Waals surface area contributed by atoms with Gasteiger partial charge in [-0.1, -0.05) is 48.6 Å². The number of ketones is 4. The molecule has 0 amide bonds. The Morgan fingerprint density at radius 3 is 1.09 bits per heavy atom. The molecule has 0 fully saturated rings. The van der Waals surface area contributed by atoms with Gasteiger partial charge in [-0.25, -0.2) is 9.59 Å². The predicted molar refractivity (Wildman–Crippen MR) is 454 cm³/mol. The van der Waals surface area contributed by atoms with Gasteiger partial charge in [0, 0.05) is 67.6 Å². The number of ether oxygens (including phenoxy) is 13. The van der Waals surface area contributed by atoms with Crippen LogP contribution < -0.4 is 42.6 Å². The molecule has 2 aromatic heterocycles. The lowest BCUT2D eigenvalue weighted by atomic mass is 9.90. The first-order valence-corrected chi connectivity index (χ1v) is 38.3. The second kappa shape index (κ2) is 43.5. The van der Waals surface area contributed by atoms with Gasteiger partial charge in [-0.05, 0) is 167 Å². The molecular formula is C93H84O36. The van der Waals surface area contributed by atoms with E-state index >= 15 is 0 Å². The van der Waals surface area contributed by atoms with Crippen molar-refractivity contribution in [2.24, 2.45) is 0 Å². The zero-order valence-corrected chi connectivity index (χ0v) is 70.8. The van der Waals surface area contributed by atoms with E-state index in [4.69, 9.17) is 90.8 Å². The number of carbonyl (C=O) groups excluding carboxylic acids is 13. The zero-order valence-electron chi connectivity index (χ0n) is 70.8. The number of benzene rings is 8. The SMILES string of the molecule is COC(=O)[C@@H]1c2cc(/C=C/C(=O)CO)cc(O)c2O[C@H]1c1ccc(O)c(O)c1.COC(=O)[C@@H]1c2cc(/C=C/C(=O)CO)cc(O)c2O[C@H]1c1ccc(OC(C)=O)c(OC(C)=O)c1.COC(=O)c1c(-c2ccc(C)c(OC)c2)oc2c(OC)cc(/C=C/C(=O)CO)cc12.COC(=O)c1c(-c2ccc(OC(C)=O)c(OC(C)=O)c2)oc2c(OC(C)=O)cc(/C=C/C(=O)CO)cc12. The van der Waals surface area contributed by atoms with E-state index in [1.54, 1.807) is 37.4 Å². The van der Waals surface area contributed by atoms with Gasteiger partial charge in [0.1, 0.15) is 78.9 Å². The normalized spacial score (nSPS) is 13.9. The fourth-order valence-electron chi connectivity index (χ4n) is 13.1. The average molecular weight is 1780 g/mol. The minimum Gasteiger partial charge on any atom is -0.504 e. The predicted octanol–water partition coefficient (Wildman–Crippen LogP) is 11.0. The summed E-state index contributed by atoms with van der Waals surface area (Å²) in [7, 11) is 7.93. The van der Waals surface area contributed by atoms with Gasteiger partial charge in [0.2, 0.25) is 0 Å². The van der Waals surface area contributed by atoms with E-state index in [2.05, 4.69) is 0 Å². The van der Waals surface area contributed by atoms with Gasteiger partial charge < -0.3 is 111 Å². The second-order valence-electron chi connectivity index (χ2n) is 27.7. The van der Waals surface area contributed by atoms with Crippen LogP contribution in [0.25, 0.3) is 68.9 Å². The summed E-state index contributed by atoms with van der Waals surface area (Å²) in [5, 5.41) is 76.4. The molecule has 0 unspecified atom stereocenters. The van der Waals surface area contributed by atoms with E-state index in [1.165, 1.54) is 165 Å². The highest BCUT2D eigenvalue weighted by molar-refractivity contribution is 6.12. The number of hydrogen-bond donors (Lipinski definition) is 8. The molecule has 129 heavy (non-hydrogen) atoms. The van der Waals surface area contributed by atoms with Crippen LogP contribution in [0.5, 0.6) is 74.7 Å². The lowest BCUT2D eigenvalue weighted by Crippen LogP contribution is -2.20. The third kappa shape index (κ3) is 23.5. The van der Waals surface area contributed by atoms with E-state index in [-0.39, 0.29) is 96.7 Å².